The van der Waals surface area contributed by atoms with Gasteiger partial charge in [-0.2, -0.15) is 0 Å². The molecule has 0 spiro atoms. The zero-order valence-corrected chi connectivity index (χ0v) is 12.8. The molecule has 1 saturated heterocycles. The second-order valence-corrected chi connectivity index (χ2v) is 6.99. The summed E-state index contributed by atoms with van der Waals surface area (Å²) in [5, 5.41) is 20.9. The van der Waals surface area contributed by atoms with Crippen molar-refractivity contribution in [3.63, 3.8) is 0 Å². The maximum Gasteiger partial charge on any atom is 0.225 e. The maximum atomic E-state index is 12.3. The van der Waals surface area contributed by atoms with Gasteiger partial charge >= 0.3 is 0 Å². The summed E-state index contributed by atoms with van der Waals surface area (Å²) in [5.41, 5.74) is -1.61. The number of likely N-dealkylation sites (tertiary alicyclic amines) is 1. The number of nitrogens with zero attached hydrogens (tertiary/aromatic N) is 2. The number of rotatable bonds is 4. The number of carbonyl (C=O) groups excluding carboxylic acids is 1. The summed E-state index contributed by atoms with van der Waals surface area (Å²) in [6, 6.07) is 0. The molecule has 1 aliphatic heterocycles. The van der Waals surface area contributed by atoms with Crippen LogP contribution in [0.25, 0.3) is 0 Å². The third kappa shape index (κ3) is 3.93. The molecule has 0 unspecified atom stereocenters. The van der Waals surface area contributed by atoms with Crippen molar-refractivity contribution in [2.75, 3.05) is 33.7 Å². The SMILES string of the molecule is CN(C)C[C@@]1(O)CCN(C(=O)CC2(O)CCCCC2)C1. The smallest absolute Gasteiger partial charge is 0.225 e. The highest BCUT2D eigenvalue weighted by Gasteiger charge is 2.40. The van der Waals surface area contributed by atoms with E-state index in [1.165, 1.54) is 0 Å². The quantitative estimate of drug-likeness (QED) is 0.793. The van der Waals surface area contributed by atoms with Crippen LogP contribution in [0.4, 0.5) is 0 Å². The first-order chi connectivity index (χ1) is 9.32. The van der Waals surface area contributed by atoms with Crippen molar-refractivity contribution in [1.29, 1.82) is 0 Å². The van der Waals surface area contributed by atoms with E-state index >= 15 is 0 Å². The van der Waals surface area contributed by atoms with Gasteiger partial charge in [-0.25, -0.2) is 0 Å². The van der Waals surface area contributed by atoms with Crippen LogP contribution in [0.15, 0.2) is 0 Å². The van der Waals surface area contributed by atoms with E-state index in [9.17, 15) is 15.0 Å². The molecular weight excluding hydrogens is 256 g/mol. The van der Waals surface area contributed by atoms with Crippen LogP contribution in [0.3, 0.4) is 0 Å². The highest BCUT2D eigenvalue weighted by molar-refractivity contribution is 5.77. The van der Waals surface area contributed by atoms with Crippen LogP contribution < -0.4 is 0 Å². The Morgan fingerprint density at radius 1 is 1.10 bits per heavy atom. The second kappa shape index (κ2) is 6.00. The fourth-order valence-corrected chi connectivity index (χ4v) is 3.57. The number of hydrogen-bond acceptors (Lipinski definition) is 4. The zero-order valence-electron chi connectivity index (χ0n) is 12.8. The first-order valence-electron chi connectivity index (χ1n) is 7.69. The number of aliphatic hydroxyl groups is 2. The molecule has 0 radical (unpaired) electrons. The van der Waals surface area contributed by atoms with Crippen molar-refractivity contribution in [3.8, 4) is 0 Å². The lowest BCUT2D eigenvalue weighted by Crippen LogP contribution is -2.45. The van der Waals surface area contributed by atoms with Crippen molar-refractivity contribution >= 4 is 5.91 Å². The fraction of sp³-hybridized carbons (Fsp3) is 0.933. The second-order valence-electron chi connectivity index (χ2n) is 6.99. The molecule has 0 aromatic carbocycles. The lowest BCUT2D eigenvalue weighted by Gasteiger charge is -2.33. The molecular formula is C15H28N2O3. The molecule has 2 rings (SSSR count). The number of carbonyl (C=O) groups is 1. The average Bonchev–Trinajstić information content (AvgIpc) is 2.71. The molecule has 116 valence electrons. The normalized spacial score (nSPS) is 29.9. The van der Waals surface area contributed by atoms with Gasteiger partial charge in [-0.3, -0.25) is 4.79 Å². The van der Waals surface area contributed by atoms with Crippen LogP contribution in [-0.2, 0) is 4.79 Å². The Morgan fingerprint density at radius 3 is 2.35 bits per heavy atom. The summed E-state index contributed by atoms with van der Waals surface area (Å²) in [6.45, 7) is 1.56. The van der Waals surface area contributed by atoms with Crippen molar-refractivity contribution in [3.05, 3.63) is 0 Å². The van der Waals surface area contributed by atoms with Crippen LogP contribution in [0.1, 0.15) is 44.9 Å². The summed E-state index contributed by atoms with van der Waals surface area (Å²) in [5.74, 6) is -0.0101. The summed E-state index contributed by atoms with van der Waals surface area (Å²) in [7, 11) is 3.85. The Labute approximate surface area is 121 Å². The number of hydrogen-bond donors (Lipinski definition) is 2. The summed E-state index contributed by atoms with van der Waals surface area (Å²) >= 11 is 0. The highest BCUT2D eigenvalue weighted by Crippen LogP contribution is 2.32. The van der Waals surface area contributed by atoms with Crippen molar-refractivity contribution < 1.29 is 15.0 Å². The summed E-state index contributed by atoms with van der Waals surface area (Å²) in [6.07, 6.45) is 5.47. The Bertz CT molecular complexity index is 353. The van der Waals surface area contributed by atoms with Crippen LogP contribution in [0.2, 0.25) is 0 Å². The molecule has 20 heavy (non-hydrogen) atoms. The maximum absolute atomic E-state index is 12.3. The highest BCUT2D eigenvalue weighted by atomic mass is 16.3. The number of β-amino-alcohol motifs (C(OH)–C–C–N with tert-alkyl or cyclic N) is 1. The molecule has 2 aliphatic rings. The van der Waals surface area contributed by atoms with Crippen molar-refractivity contribution in [2.24, 2.45) is 0 Å². The number of amides is 1. The Kier molecular flexibility index (Phi) is 4.72. The Morgan fingerprint density at radius 2 is 1.75 bits per heavy atom. The largest absolute Gasteiger partial charge is 0.389 e. The summed E-state index contributed by atoms with van der Waals surface area (Å²) < 4.78 is 0. The fourth-order valence-electron chi connectivity index (χ4n) is 3.57. The molecule has 1 saturated carbocycles. The number of likely N-dealkylation sites (N-methyl/N-ethyl adjacent to an activating group) is 1. The average molecular weight is 284 g/mol. The van der Waals surface area contributed by atoms with Crippen molar-refractivity contribution in [1.82, 2.24) is 9.80 Å². The molecule has 2 N–H and O–H groups in total. The van der Waals surface area contributed by atoms with Gasteiger partial charge in [-0.15, -0.1) is 0 Å². The van der Waals surface area contributed by atoms with E-state index in [1.807, 2.05) is 19.0 Å². The molecule has 0 bridgehead atoms. The van der Waals surface area contributed by atoms with Crippen LogP contribution in [-0.4, -0.2) is 70.9 Å². The molecule has 0 aromatic rings. The zero-order chi connectivity index (χ0) is 14.8. The Hall–Kier alpha value is -0.650. The van der Waals surface area contributed by atoms with Gasteiger partial charge in [0.25, 0.3) is 0 Å². The lowest BCUT2D eigenvalue weighted by atomic mass is 9.82. The van der Waals surface area contributed by atoms with E-state index in [-0.39, 0.29) is 12.3 Å². The monoisotopic (exact) mass is 284 g/mol. The van der Waals surface area contributed by atoms with Crippen LogP contribution in [0, 0.1) is 0 Å². The predicted molar refractivity (Wildman–Crippen MR) is 77.4 cm³/mol. The van der Waals surface area contributed by atoms with E-state index in [0.717, 1.165) is 32.1 Å². The Balaban J connectivity index is 1.88. The third-order valence-electron chi connectivity index (χ3n) is 4.56. The standard InChI is InChI=1S/C15H28N2O3/c1-16(2)11-15(20)8-9-17(12-15)13(18)10-14(19)6-4-3-5-7-14/h19-20H,3-12H2,1-2H3/t15-/m0/s1. The van der Waals surface area contributed by atoms with E-state index < -0.39 is 11.2 Å². The minimum atomic E-state index is -0.808. The molecule has 5 heteroatoms. The van der Waals surface area contributed by atoms with Gasteiger partial charge in [0.15, 0.2) is 0 Å². The van der Waals surface area contributed by atoms with Gasteiger partial charge in [0.05, 0.1) is 24.2 Å². The topological polar surface area (TPSA) is 64.0 Å². The minimum Gasteiger partial charge on any atom is -0.389 e. The third-order valence-corrected chi connectivity index (χ3v) is 4.56. The van der Waals surface area contributed by atoms with E-state index in [4.69, 9.17) is 0 Å². The first-order valence-corrected chi connectivity index (χ1v) is 7.69. The van der Waals surface area contributed by atoms with E-state index in [2.05, 4.69) is 0 Å². The molecule has 5 nitrogen and oxygen atoms in total. The molecule has 1 atom stereocenters. The molecule has 2 fully saturated rings. The predicted octanol–water partition coefficient (Wildman–Crippen LogP) is 0.597. The first kappa shape index (κ1) is 15.7. The molecule has 1 amide bonds. The van der Waals surface area contributed by atoms with E-state index in [0.29, 0.717) is 26.1 Å². The minimum absolute atomic E-state index is 0.0101. The summed E-state index contributed by atoms with van der Waals surface area (Å²) in [4.78, 5) is 16.0. The molecule has 1 heterocycles. The molecule has 1 aliphatic carbocycles. The lowest BCUT2D eigenvalue weighted by molar-refractivity contribution is -0.137. The van der Waals surface area contributed by atoms with Gasteiger partial charge in [0.2, 0.25) is 5.91 Å². The van der Waals surface area contributed by atoms with Gasteiger partial charge in [-0.05, 0) is 33.4 Å². The van der Waals surface area contributed by atoms with E-state index in [1.54, 1.807) is 4.90 Å². The van der Waals surface area contributed by atoms with Gasteiger partial charge in [0.1, 0.15) is 0 Å². The van der Waals surface area contributed by atoms with Gasteiger partial charge in [-0.1, -0.05) is 19.3 Å². The molecule has 0 aromatic heterocycles. The van der Waals surface area contributed by atoms with Gasteiger partial charge < -0.3 is 20.0 Å². The van der Waals surface area contributed by atoms with Gasteiger partial charge in [0, 0.05) is 13.1 Å². The van der Waals surface area contributed by atoms with Crippen LogP contribution >= 0.6 is 0 Å². The van der Waals surface area contributed by atoms with Crippen molar-refractivity contribution in [2.45, 2.75) is 56.1 Å². The van der Waals surface area contributed by atoms with Crippen LogP contribution in [0.5, 0.6) is 0 Å².